The molecule has 0 bridgehead atoms. The first-order chi connectivity index (χ1) is 9.09. The van der Waals surface area contributed by atoms with E-state index in [4.69, 9.17) is 0 Å². The number of amides is 2. The Morgan fingerprint density at radius 2 is 2.00 bits per heavy atom. The largest absolute Gasteiger partial charge is 0.334 e. The summed E-state index contributed by atoms with van der Waals surface area (Å²) in [5, 5.41) is 6.70. The van der Waals surface area contributed by atoms with E-state index in [-0.39, 0.29) is 11.9 Å². The summed E-state index contributed by atoms with van der Waals surface area (Å²) in [7, 11) is -2.74. The van der Waals surface area contributed by atoms with Crippen LogP contribution >= 0.6 is 11.9 Å². The van der Waals surface area contributed by atoms with Gasteiger partial charge in [-0.3, -0.25) is 9.59 Å². The van der Waals surface area contributed by atoms with Crippen LogP contribution in [-0.4, -0.2) is 24.6 Å². The minimum Gasteiger partial charge on any atom is -0.269 e. The fraction of sp³-hybridized carbons (Fsp3) is 0.111. The Labute approximate surface area is 113 Å². The van der Waals surface area contributed by atoms with Crippen molar-refractivity contribution in [3.05, 3.63) is 35.9 Å². The first-order valence-electron chi connectivity index (χ1n) is 4.90. The van der Waals surface area contributed by atoms with Gasteiger partial charge < -0.3 is 0 Å². The van der Waals surface area contributed by atoms with E-state index in [0.717, 1.165) is 0 Å². The molecule has 0 saturated heterocycles. The molecule has 98 valence electrons. The first kappa shape index (κ1) is 13.4. The molecule has 1 aliphatic rings. The maximum atomic E-state index is 11.9. The second-order valence-corrected chi connectivity index (χ2v) is 4.88. The van der Waals surface area contributed by atoms with Gasteiger partial charge in [0.15, 0.2) is 6.04 Å². The van der Waals surface area contributed by atoms with Gasteiger partial charge in [0.1, 0.15) is 0 Å². The molecular weight excluding hydrogens is 292 g/mol. The summed E-state index contributed by atoms with van der Waals surface area (Å²) in [5.74, 6) is -0.643. The Bertz CT molecular complexity index is 663. The molecule has 0 saturated carbocycles. The van der Waals surface area contributed by atoms with Crippen LogP contribution in [0.1, 0.15) is 11.6 Å². The van der Waals surface area contributed by atoms with Crippen LogP contribution in [0.5, 0.6) is 0 Å². The van der Waals surface area contributed by atoms with E-state index >= 15 is 0 Å². The van der Waals surface area contributed by atoms with Crippen LogP contribution in [0.15, 0.2) is 44.4 Å². The lowest BCUT2D eigenvalue weighted by Crippen LogP contribution is -2.27. The standard InChI is InChI=1S/C9H6N4O4S2/c14-8-7(6-4-2-1-3-5-6)10-11-13(8)9(15)18-12-19(16)17/h1-5,7H. The topological polar surface area (TPSA) is 109 Å². The Morgan fingerprint density at radius 1 is 1.32 bits per heavy atom. The van der Waals surface area contributed by atoms with Crippen molar-refractivity contribution in [3.63, 3.8) is 0 Å². The van der Waals surface area contributed by atoms with Crippen molar-refractivity contribution in [3.8, 4) is 0 Å². The zero-order chi connectivity index (χ0) is 13.8. The molecule has 0 fully saturated rings. The van der Waals surface area contributed by atoms with Crippen LogP contribution in [-0.2, 0) is 15.3 Å². The highest BCUT2D eigenvalue weighted by molar-refractivity contribution is 8.14. The van der Waals surface area contributed by atoms with Crippen LogP contribution in [0.3, 0.4) is 0 Å². The van der Waals surface area contributed by atoms with Gasteiger partial charge in [-0.1, -0.05) is 39.3 Å². The molecule has 19 heavy (non-hydrogen) atoms. The van der Waals surface area contributed by atoms with Gasteiger partial charge in [0.2, 0.25) is 0 Å². The van der Waals surface area contributed by atoms with Crippen molar-refractivity contribution in [2.24, 2.45) is 14.1 Å². The summed E-state index contributed by atoms with van der Waals surface area (Å²) in [6, 6.07) is 7.71. The summed E-state index contributed by atoms with van der Waals surface area (Å²) in [6.07, 6.45) is 0. The Balaban J connectivity index is 2.13. The number of carbonyl (C=O) groups is 2. The summed E-state index contributed by atoms with van der Waals surface area (Å²) < 4.78 is 23.3. The highest BCUT2D eigenvalue weighted by atomic mass is 32.2. The minimum absolute atomic E-state index is 0.108. The number of imide groups is 1. The molecule has 1 aromatic rings. The summed E-state index contributed by atoms with van der Waals surface area (Å²) in [5.41, 5.74) is 0.598. The van der Waals surface area contributed by atoms with E-state index < -0.39 is 27.7 Å². The number of hydrogen-bond donors (Lipinski definition) is 0. The predicted octanol–water partition coefficient (Wildman–Crippen LogP) is 1.77. The molecule has 1 aliphatic heterocycles. The van der Waals surface area contributed by atoms with Crippen LogP contribution in [0.2, 0.25) is 0 Å². The third-order valence-corrected chi connectivity index (χ3v) is 3.28. The monoisotopic (exact) mass is 298 g/mol. The maximum Gasteiger partial charge on any atom is 0.334 e. The number of carbonyl (C=O) groups excluding carboxylic acids is 2. The van der Waals surface area contributed by atoms with Gasteiger partial charge in [-0.2, -0.15) is 13.5 Å². The van der Waals surface area contributed by atoms with Gasteiger partial charge in [-0.15, -0.1) is 5.01 Å². The average molecular weight is 298 g/mol. The third-order valence-electron chi connectivity index (χ3n) is 2.16. The van der Waals surface area contributed by atoms with Crippen molar-refractivity contribution >= 4 is 33.6 Å². The van der Waals surface area contributed by atoms with Gasteiger partial charge >= 0.3 is 15.7 Å². The Morgan fingerprint density at radius 3 is 2.63 bits per heavy atom. The zero-order valence-electron chi connectivity index (χ0n) is 9.20. The van der Waals surface area contributed by atoms with E-state index in [1.165, 1.54) is 0 Å². The van der Waals surface area contributed by atoms with Crippen molar-refractivity contribution in [2.75, 3.05) is 0 Å². The third kappa shape index (κ3) is 3.03. The van der Waals surface area contributed by atoms with Crippen molar-refractivity contribution in [1.29, 1.82) is 0 Å². The quantitative estimate of drug-likeness (QED) is 0.773. The lowest BCUT2D eigenvalue weighted by atomic mass is 10.1. The van der Waals surface area contributed by atoms with Gasteiger partial charge in [-0.25, -0.2) is 0 Å². The molecule has 0 spiro atoms. The molecule has 0 N–H and O–H groups in total. The normalized spacial score (nSPS) is 17.6. The Hall–Kier alpha value is -2.07. The highest BCUT2D eigenvalue weighted by Gasteiger charge is 2.36. The molecule has 1 unspecified atom stereocenters. The lowest BCUT2D eigenvalue weighted by molar-refractivity contribution is -0.127. The SMILES string of the molecule is O=C(SN=S(=O)=O)N1N=NC(c2ccccc2)C1=O. The number of nitrogens with zero attached hydrogens (tertiary/aromatic N) is 4. The summed E-state index contributed by atoms with van der Waals surface area (Å²) in [6.45, 7) is 0. The maximum absolute atomic E-state index is 11.9. The second kappa shape index (κ2) is 5.71. The second-order valence-electron chi connectivity index (χ2n) is 3.32. The summed E-state index contributed by atoms with van der Waals surface area (Å²) >= 11 is 0.108. The van der Waals surface area contributed by atoms with Gasteiger partial charge in [0.05, 0.1) is 11.9 Å². The minimum atomic E-state index is -2.74. The van der Waals surface area contributed by atoms with Gasteiger partial charge in [0.25, 0.3) is 5.91 Å². The lowest BCUT2D eigenvalue weighted by Gasteiger charge is -2.07. The molecule has 1 aromatic carbocycles. The van der Waals surface area contributed by atoms with Crippen molar-refractivity contribution in [1.82, 2.24) is 5.01 Å². The van der Waals surface area contributed by atoms with E-state index in [1.54, 1.807) is 30.3 Å². The van der Waals surface area contributed by atoms with Crippen LogP contribution in [0.25, 0.3) is 0 Å². The molecule has 0 aliphatic carbocycles. The molecule has 2 rings (SSSR count). The van der Waals surface area contributed by atoms with Crippen LogP contribution < -0.4 is 0 Å². The van der Waals surface area contributed by atoms with E-state index in [1.807, 2.05) is 0 Å². The fourth-order valence-corrected chi connectivity index (χ4v) is 2.09. The smallest absolute Gasteiger partial charge is 0.269 e. The van der Waals surface area contributed by atoms with Crippen molar-refractivity contribution in [2.45, 2.75) is 6.04 Å². The fourth-order valence-electron chi connectivity index (χ4n) is 1.38. The molecule has 2 amide bonds. The number of rotatable bonds is 2. The summed E-state index contributed by atoms with van der Waals surface area (Å²) in [4.78, 5) is 23.4. The molecule has 0 aromatic heterocycles. The molecule has 0 radical (unpaired) electrons. The predicted molar refractivity (Wildman–Crippen MR) is 65.2 cm³/mol. The van der Waals surface area contributed by atoms with E-state index in [9.17, 15) is 18.0 Å². The number of hydrogen-bond acceptors (Lipinski definition) is 8. The molecule has 1 heterocycles. The van der Waals surface area contributed by atoms with Gasteiger partial charge in [0, 0.05) is 0 Å². The molecule has 1 atom stereocenters. The van der Waals surface area contributed by atoms with Crippen LogP contribution in [0, 0.1) is 0 Å². The highest BCUT2D eigenvalue weighted by Crippen LogP contribution is 2.28. The Kier molecular flexibility index (Phi) is 4.02. The van der Waals surface area contributed by atoms with Crippen LogP contribution in [0.4, 0.5) is 4.79 Å². The average Bonchev–Trinajstić information content (AvgIpc) is 2.79. The van der Waals surface area contributed by atoms with Crippen molar-refractivity contribution < 1.29 is 18.0 Å². The van der Waals surface area contributed by atoms with E-state index in [2.05, 4.69) is 14.1 Å². The number of benzene rings is 1. The molecule has 8 nitrogen and oxygen atoms in total. The zero-order valence-corrected chi connectivity index (χ0v) is 10.8. The molecular formula is C9H6N4O4S2. The van der Waals surface area contributed by atoms with E-state index in [0.29, 0.717) is 10.6 Å². The molecule has 10 heteroatoms. The first-order valence-corrected chi connectivity index (χ1v) is 6.71. The van der Waals surface area contributed by atoms with Gasteiger partial charge in [-0.05, 0) is 5.56 Å².